The van der Waals surface area contributed by atoms with Gasteiger partial charge in [-0.1, -0.05) is 218 Å². The van der Waals surface area contributed by atoms with Gasteiger partial charge in [-0.15, -0.1) is 0 Å². The number of benzene rings is 11. The third kappa shape index (κ3) is 6.92. The maximum atomic E-state index is 5.54. The monoisotopic (exact) mass is 956 g/mol. The van der Waals surface area contributed by atoms with E-state index in [4.69, 9.17) is 15.0 Å². The van der Waals surface area contributed by atoms with Crippen LogP contribution in [-0.4, -0.2) is 28.7 Å². The summed E-state index contributed by atoms with van der Waals surface area (Å²) in [5, 5.41) is 6.89. The molecular formula is C69H44N6. The van der Waals surface area contributed by atoms with E-state index in [0.29, 0.717) is 17.6 Å². The van der Waals surface area contributed by atoms with Crippen LogP contribution in [0.15, 0.2) is 267 Å². The first-order valence-corrected chi connectivity index (χ1v) is 25.4. The Morgan fingerprint density at radius 3 is 1.35 bits per heavy atom. The Labute approximate surface area is 432 Å². The maximum Gasteiger partial charge on any atom is 0.238 e. The Morgan fingerprint density at radius 2 is 0.680 bits per heavy atom. The summed E-state index contributed by atoms with van der Waals surface area (Å²) in [5.74, 6) is 1.72. The van der Waals surface area contributed by atoms with Gasteiger partial charge in [0.05, 0.1) is 38.8 Å². The second-order valence-electron chi connectivity index (χ2n) is 19.2. The van der Waals surface area contributed by atoms with Crippen molar-refractivity contribution >= 4 is 65.4 Å². The van der Waals surface area contributed by atoms with Gasteiger partial charge in [0.2, 0.25) is 5.95 Å². The maximum absolute atomic E-state index is 5.54. The standard InChI is InChI=1S/C69H44N6/c1-4-19-45(20-5-1)49-23-18-24-50(43-49)46-35-37-47(38-36-46)53-27-10-14-31-60(53)74-62-33-16-12-29-55(62)58-41-42-59-56-30-13-17-34-63(56)75(66(59)65(58)74)69-71-67(48-21-6-2-7-22-48)70-68(72-69)51-39-40-57-54-28-11-15-32-61(54)73(64(57)44-51)52-25-8-3-9-26-52/h1-44H. The highest BCUT2D eigenvalue weighted by atomic mass is 15.2. The third-order valence-electron chi connectivity index (χ3n) is 14.9. The fraction of sp³-hybridized carbons (Fsp3) is 0. The fourth-order valence-corrected chi connectivity index (χ4v) is 11.5. The van der Waals surface area contributed by atoms with Crippen molar-refractivity contribution in [3.05, 3.63) is 267 Å². The lowest BCUT2D eigenvalue weighted by molar-refractivity contribution is 0.953. The molecule has 0 spiro atoms. The third-order valence-corrected chi connectivity index (χ3v) is 14.9. The highest BCUT2D eigenvalue weighted by Gasteiger charge is 2.25. The largest absolute Gasteiger partial charge is 0.309 e. The SMILES string of the molecule is c1ccc(-c2cccc(-c3ccc(-c4ccccc4-n4c5ccccc5c5ccc6c7ccccc7n(-c7nc(-c8ccccc8)nc(-c8ccc9c%10ccccc%10n(-c%10ccccc%10)c9c8)n7)c6c54)cc3)c2)cc1. The van der Waals surface area contributed by atoms with Crippen molar-refractivity contribution in [2.24, 2.45) is 0 Å². The van der Waals surface area contributed by atoms with Crippen molar-refractivity contribution in [3.63, 3.8) is 0 Å². The van der Waals surface area contributed by atoms with Gasteiger partial charge in [-0.05, 0) is 76.3 Å². The lowest BCUT2D eigenvalue weighted by atomic mass is 9.96. The van der Waals surface area contributed by atoms with Gasteiger partial charge in [-0.2, -0.15) is 9.97 Å². The zero-order valence-electron chi connectivity index (χ0n) is 40.6. The van der Waals surface area contributed by atoms with E-state index >= 15 is 0 Å². The molecule has 0 aliphatic carbocycles. The molecular weight excluding hydrogens is 913 g/mol. The number of aromatic nitrogens is 6. The first-order chi connectivity index (χ1) is 37.2. The van der Waals surface area contributed by atoms with Gasteiger partial charge >= 0.3 is 0 Å². The van der Waals surface area contributed by atoms with Crippen molar-refractivity contribution in [1.82, 2.24) is 28.7 Å². The predicted molar refractivity (Wildman–Crippen MR) is 310 cm³/mol. The fourth-order valence-electron chi connectivity index (χ4n) is 11.5. The summed E-state index contributed by atoms with van der Waals surface area (Å²) in [6.45, 7) is 0. The molecule has 0 amide bonds. The van der Waals surface area contributed by atoms with Gasteiger partial charge in [0.15, 0.2) is 11.6 Å². The average Bonchev–Trinajstić information content (AvgIpc) is 4.18. The van der Waals surface area contributed by atoms with Crippen LogP contribution in [0, 0.1) is 0 Å². The van der Waals surface area contributed by atoms with Gasteiger partial charge in [0.1, 0.15) is 0 Å². The summed E-state index contributed by atoms with van der Waals surface area (Å²) in [7, 11) is 0. The summed E-state index contributed by atoms with van der Waals surface area (Å²) in [4.78, 5) is 16.3. The second-order valence-corrected chi connectivity index (χ2v) is 19.2. The molecule has 4 heterocycles. The highest BCUT2D eigenvalue weighted by Crippen LogP contribution is 2.44. The van der Waals surface area contributed by atoms with Crippen LogP contribution >= 0.6 is 0 Å². The quantitative estimate of drug-likeness (QED) is 0.152. The minimum Gasteiger partial charge on any atom is -0.309 e. The van der Waals surface area contributed by atoms with Gasteiger partial charge in [0, 0.05) is 54.7 Å². The molecule has 0 bridgehead atoms. The van der Waals surface area contributed by atoms with Crippen LogP contribution in [0.25, 0.3) is 139 Å². The Bertz CT molecular complexity index is 4680. The molecule has 0 aliphatic rings. The highest BCUT2D eigenvalue weighted by molar-refractivity contribution is 6.24. The molecule has 350 valence electrons. The molecule has 4 aromatic heterocycles. The number of fused-ring (bicyclic) bond motifs is 10. The van der Waals surface area contributed by atoms with Gasteiger partial charge in [-0.3, -0.25) is 4.57 Å². The lowest BCUT2D eigenvalue weighted by Crippen LogP contribution is -2.07. The minimum absolute atomic E-state index is 0.540. The van der Waals surface area contributed by atoms with Crippen molar-refractivity contribution in [3.8, 4) is 73.5 Å². The normalized spacial score (nSPS) is 11.7. The van der Waals surface area contributed by atoms with Crippen LogP contribution in [-0.2, 0) is 0 Å². The minimum atomic E-state index is 0.540. The zero-order valence-corrected chi connectivity index (χ0v) is 40.6. The van der Waals surface area contributed by atoms with Crippen molar-refractivity contribution < 1.29 is 0 Å². The molecule has 6 nitrogen and oxygen atoms in total. The number of para-hydroxylation sites is 5. The molecule has 11 aromatic carbocycles. The van der Waals surface area contributed by atoms with E-state index < -0.39 is 0 Å². The molecule has 0 saturated carbocycles. The molecule has 0 N–H and O–H groups in total. The molecule has 15 aromatic rings. The molecule has 15 rings (SSSR count). The van der Waals surface area contributed by atoms with Crippen LogP contribution < -0.4 is 0 Å². The van der Waals surface area contributed by atoms with Crippen molar-refractivity contribution in [1.29, 1.82) is 0 Å². The molecule has 0 atom stereocenters. The number of rotatable bonds is 8. The Balaban J connectivity index is 0.964. The van der Waals surface area contributed by atoms with Crippen molar-refractivity contribution in [2.75, 3.05) is 0 Å². The van der Waals surface area contributed by atoms with Gasteiger partial charge < -0.3 is 9.13 Å². The summed E-state index contributed by atoms with van der Waals surface area (Å²) in [6.07, 6.45) is 0. The van der Waals surface area contributed by atoms with Gasteiger partial charge in [0.25, 0.3) is 0 Å². The van der Waals surface area contributed by atoms with E-state index in [0.717, 1.165) is 88.3 Å². The molecule has 0 aliphatic heterocycles. The smallest absolute Gasteiger partial charge is 0.238 e. The van der Waals surface area contributed by atoms with E-state index in [1.807, 2.05) is 18.2 Å². The van der Waals surface area contributed by atoms with Gasteiger partial charge in [-0.25, -0.2) is 4.98 Å². The predicted octanol–water partition coefficient (Wildman–Crippen LogP) is 17.5. The summed E-state index contributed by atoms with van der Waals surface area (Å²) >= 11 is 0. The number of hydrogen-bond donors (Lipinski definition) is 0. The van der Waals surface area contributed by atoms with Crippen LogP contribution in [0.1, 0.15) is 0 Å². The van der Waals surface area contributed by atoms with E-state index in [1.165, 1.54) is 33.0 Å². The average molecular weight is 957 g/mol. The molecule has 0 saturated heterocycles. The first kappa shape index (κ1) is 42.5. The topological polar surface area (TPSA) is 53.5 Å². The first-order valence-electron chi connectivity index (χ1n) is 25.4. The molecule has 0 fully saturated rings. The molecule has 75 heavy (non-hydrogen) atoms. The summed E-state index contributed by atoms with van der Waals surface area (Å²) in [6, 6.07) is 95.3. The van der Waals surface area contributed by atoms with E-state index in [1.54, 1.807) is 0 Å². The summed E-state index contributed by atoms with van der Waals surface area (Å²) < 4.78 is 7.08. The summed E-state index contributed by atoms with van der Waals surface area (Å²) in [5.41, 5.74) is 17.4. The Morgan fingerprint density at radius 1 is 0.240 bits per heavy atom. The van der Waals surface area contributed by atoms with Crippen molar-refractivity contribution in [2.45, 2.75) is 0 Å². The van der Waals surface area contributed by atoms with Crippen LogP contribution in [0.4, 0.5) is 0 Å². The molecule has 0 radical (unpaired) electrons. The van der Waals surface area contributed by atoms with E-state index in [2.05, 4.69) is 262 Å². The van der Waals surface area contributed by atoms with E-state index in [9.17, 15) is 0 Å². The molecule has 0 unspecified atom stereocenters. The lowest BCUT2D eigenvalue weighted by Gasteiger charge is -2.16. The zero-order chi connectivity index (χ0) is 49.4. The Kier molecular flexibility index (Phi) is 9.78. The number of hydrogen-bond acceptors (Lipinski definition) is 3. The van der Waals surface area contributed by atoms with Crippen LogP contribution in [0.2, 0.25) is 0 Å². The number of nitrogens with zero attached hydrogens (tertiary/aromatic N) is 6. The Hall–Kier alpha value is -10.2. The van der Waals surface area contributed by atoms with Crippen LogP contribution in [0.5, 0.6) is 0 Å². The van der Waals surface area contributed by atoms with E-state index in [-0.39, 0.29) is 0 Å². The van der Waals surface area contributed by atoms with Crippen LogP contribution in [0.3, 0.4) is 0 Å². The molecule has 6 heteroatoms. The second kappa shape index (κ2) is 17.3.